The average Bonchev–Trinajstić information content (AvgIpc) is 2.23. The standard InChI is InChI=1S/C10H17NO4/c1-4-15-8-5-7(10(13)14-3)6-11(2)9(8)12/h6,8-9,12H,4-5H2,1-3H3/t8-,9-/m0/s1. The zero-order valence-electron chi connectivity index (χ0n) is 9.27. The van der Waals surface area contributed by atoms with E-state index in [9.17, 15) is 9.90 Å². The second kappa shape index (κ2) is 5.14. The minimum atomic E-state index is -0.710. The van der Waals surface area contributed by atoms with Crippen LogP contribution in [0.1, 0.15) is 13.3 Å². The van der Waals surface area contributed by atoms with Crippen LogP contribution in [-0.4, -0.2) is 49.1 Å². The van der Waals surface area contributed by atoms with Gasteiger partial charge in [0, 0.05) is 26.3 Å². The second-order valence-electron chi connectivity index (χ2n) is 3.42. The van der Waals surface area contributed by atoms with Gasteiger partial charge in [-0.05, 0) is 6.92 Å². The molecule has 1 aliphatic heterocycles. The first-order valence-electron chi connectivity index (χ1n) is 4.90. The zero-order valence-corrected chi connectivity index (χ0v) is 9.27. The fourth-order valence-electron chi connectivity index (χ4n) is 1.59. The topological polar surface area (TPSA) is 59.0 Å². The van der Waals surface area contributed by atoms with Crippen LogP contribution in [0.5, 0.6) is 0 Å². The Morgan fingerprint density at radius 3 is 2.93 bits per heavy atom. The predicted molar refractivity (Wildman–Crippen MR) is 53.9 cm³/mol. The highest BCUT2D eigenvalue weighted by molar-refractivity contribution is 5.88. The summed E-state index contributed by atoms with van der Waals surface area (Å²) in [6, 6.07) is 0. The molecule has 1 rings (SSSR count). The summed E-state index contributed by atoms with van der Waals surface area (Å²) in [4.78, 5) is 12.9. The Bertz CT molecular complexity index is 264. The first kappa shape index (κ1) is 12.0. The van der Waals surface area contributed by atoms with E-state index in [0.29, 0.717) is 18.6 Å². The van der Waals surface area contributed by atoms with Crippen LogP contribution in [0.15, 0.2) is 11.8 Å². The number of nitrogens with zero attached hydrogens (tertiary/aromatic N) is 1. The number of aliphatic hydroxyl groups is 1. The quantitative estimate of drug-likeness (QED) is 0.677. The fourth-order valence-corrected chi connectivity index (χ4v) is 1.59. The van der Waals surface area contributed by atoms with E-state index in [4.69, 9.17) is 4.74 Å². The Balaban J connectivity index is 2.76. The van der Waals surface area contributed by atoms with Crippen molar-refractivity contribution in [2.75, 3.05) is 20.8 Å². The molecule has 0 spiro atoms. The summed E-state index contributed by atoms with van der Waals surface area (Å²) in [5.41, 5.74) is 0.517. The lowest BCUT2D eigenvalue weighted by atomic mass is 10.0. The highest BCUT2D eigenvalue weighted by atomic mass is 16.5. The largest absolute Gasteiger partial charge is 0.466 e. The van der Waals surface area contributed by atoms with Crippen LogP contribution in [-0.2, 0) is 14.3 Å². The molecule has 0 bridgehead atoms. The van der Waals surface area contributed by atoms with E-state index >= 15 is 0 Å². The maximum atomic E-state index is 11.3. The molecule has 0 fully saturated rings. The van der Waals surface area contributed by atoms with Crippen molar-refractivity contribution in [3.05, 3.63) is 11.8 Å². The molecule has 15 heavy (non-hydrogen) atoms. The van der Waals surface area contributed by atoms with Gasteiger partial charge in [0.1, 0.15) is 6.10 Å². The van der Waals surface area contributed by atoms with Gasteiger partial charge in [-0.25, -0.2) is 4.79 Å². The molecule has 1 N–H and O–H groups in total. The summed E-state index contributed by atoms with van der Waals surface area (Å²) in [6.45, 7) is 2.35. The minimum Gasteiger partial charge on any atom is -0.466 e. The monoisotopic (exact) mass is 215 g/mol. The molecule has 0 amide bonds. The molecule has 0 saturated carbocycles. The van der Waals surface area contributed by atoms with Crippen molar-refractivity contribution >= 4 is 5.97 Å². The molecular weight excluding hydrogens is 198 g/mol. The van der Waals surface area contributed by atoms with Crippen molar-refractivity contribution in [1.82, 2.24) is 4.90 Å². The Labute approximate surface area is 89.3 Å². The van der Waals surface area contributed by atoms with Crippen molar-refractivity contribution < 1.29 is 19.4 Å². The normalized spacial score (nSPS) is 26.1. The highest BCUT2D eigenvalue weighted by Gasteiger charge is 2.30. The lowest BCUT2D eigenvalue weighted by molar-refractivity contribution is -0.139. The van der Waals surface area contributed by atoms with E-state index in [2.05, 4.69) is 4.74 Å². The summed E-state index contributed by atoms with van der Waals surface area (Å²) in [5.74, 6) is -0.376. The maximum Gasteiger partial charge on any atom is 0.335 e. The van der Waals surface area contributed by atoms with E-state index in [1.807, 2.05) is 6.92 Å². The van der Waals surface area contributed by atoms with E-state index in [-0.39, 0.29) is 12.1 Å². The average molecular weight is 215 g/mol. The van der Waals surface area contributed by atoms with Gasteiger partial charge >= 0.3 is 5.97 Å². The van der Waals surface area contributed by atoms with Crippen LogP contribution in [0.4, 0.5) is 0 Å². The minimum absolute atomic E-state index is 0.376. The summed E-state index contributed by atoms with van der Waals surface area (Å²) >= 11 is 0. The molecule has 86 valence electrons. The van der Waals surface area contributed by atoms with Crippen LogP contribution < -0.4 is 0 Å². The number of esters is 1. The third-order valence-electron chi connectivity index (χ3n) is 2.36. The van der Waals surface area contributed by atoms with Crippen molar-refractivity contribution in [3.8, 4) is 0 Å². The number of rotatable bonds is 3. The van der Waals surface area contributed by atoms with Crippen molar-refractivity contribution in [2.45, 2.75) is 25.7 Å². The predicted octanol–water partition coefficient (Wildman–Crippen LogP) is 0.102. The van der Waals surface area contributed by atoms with E-state index in [1.165, 1.54) is 7.11 Å². The summed E-state index contributed by atoms with van der Waals surface area (Å²) in [6.07, 6.45) is 0.885. The summed E-state index contributed by atoms with van der Waals surface area (Å²) in [5, 5.41) is 9.75. The van der Waals surface area contributed by atoms with Gasteiger partial charge in [-0.3, -0.25) is 0 Å². The lowest BCUT2D eigenvalue weighted by Gasteiger charge is -2.34. The zero-order chi connectivity index (χ0) is 11.4. The van der Waals surface area contributed by atoms with E-state index < -0.39 is 6.23 Å². The summed E-state index contributed by atoms with van der Waals surface area (Å²) in [7, 11) is 3.03. The third kappa shape index (κ3) is 2.70. The van der Waals surface area contributed by atoms with E-state index in [1.54, 1.807) is 18.1 Å². The molecule has 0 aliphatic carbocycles. The smallest absolute Gasteiger partial charge is 0.335 e. The number of hydrogen-bond donors (Lipinski definition) is 1. The van der Waals surface area contributed by atoms with Crippen LogP contribution in [0, 0.1) is 0 Å². The van der Waals surface area contributed by atoms with Gasteiger partial charge in [-0.1, -0.05) is 0 Å². The second-order valence-corrected chi connectivity index (χ2v) is 3.42. The van der Waals surface area contributed by atoms with Gasteiger partial charge in [0.25, 0.3) is 0 Å². The number of ether oxygens (including phenoxy) is 2. The number of carbonyl (C=O) groups excluding carboxylic acids is 1. The Morgan fingerprint density at radius 2 is 2.40 bits per heavy atom. The van der Waals surface area contributed by atoms with Crippen LogP contribution in [0.2, 0.25) is 0 Å². The van der Waals surface area contributed by atoms with Gasteiger partial charge in [0.2, 0.25) is 0 Å². The first-order chi connectivity index (χ1) is 7.10. The van der Waals surface area contributed by atoms with Crippen molar-refractivity contribution in [3.63, 3.8) is 0 Å². The lowest BCUT2D eigenvalue weighted by Crippen LogP contribution is -2.44. The Kier molecular flexibility index (Phi) is 4.11. The Morgan fingerprint density at radius 1 is 1.73 bits per heavy atom. The van der Waals surface area contributed by atoms with Gasteiger partial charge in [0.05, 0.1) is 12.7 Å². The SMILES string of the molecule is CCO[C@H]1CC(C(=O)OC)=CN(C)[C@H]1O. The van der Waals surface area contributed by atoms with E-state index in [0.717, 1.165) is 0 Å². The number of carbonyl (C=O) groups is 1. The molecule has 0 aromatic carbocycles. The fraction of sp³-hybridized carbons (Fsp3) is 0.700. The van der Waals surface area contributed by atoms with Crippen molar-refractivity contribution in [2.24, 2.45) is 0 Å². The maximum absolute atomic E-state index is 11.3. The third-order valence-corrected chi connectivity index (χ3v) is 2.36. The molecule has 5 nitrogen and oxygen atoms in total. The number of aliphatic hydroxyl groups excluding tert-OH is 1. The molecule has 1 aliphatic rings. The number of likely N-dealkylation sites (N-methyl/N-ethyl adjacent to an activating group) is 1. The summed E-state index contributed by atoms with van der Waals surface area (Å²) < 4.78 is 9.98. The first-order valence-corrected chi connectivity index (χ1v) is 4.90. The molecule has 0 aromatic rings. The molecule has 0 unspecified atom stereocenters. The molecule has 0 aromatic heterocycles. The molecule has 2 atom stereocenters. The number of methoxy groups -OCH3 is 1. The number of hydrogen-bond acceptors (Lipinski definition) is 5. The molecule has 5 heteroatoms. The van der Waals surface area contributed by atoms with Crippen LogP contribution in [0.25, 0.3) is 0 Å². The molecular formula is C10H17NO4. The molecule has 0 saturated heterocycles. The van der Waals surface area contributed by atoms with Gasteiger partial charge in [-0.15, -0.1) is 0 Å². The van der Waals surface area contributed by atoms with Gasteiger partial charge < -0.3 is 19.5 Å². The van der Waals surface area contributed by atoms with Crippen LogP contribution >= 0.6 is 0 Å². The highest BCUT2D eigenvalue weighted by Crippen LogP contribution is 2.21. The van der Waals surface area contributed by atoms with Gasteiger partial charge in [0.15, 0.2) is 6.23 Å². The van der Waals surface area contributed by atoms with Gasteiger partial charge in [-0.2, -0.15) is 0 Å². The Hall–Kier alpha value is -1.07. The molecule has 1 heterocycles. The van der Waals surface area contributed by atoms with Crippen LogP contribution in [0.3, 0.4) is 0 Å². The van der Waals surface area contributed by atoms with Crippen molar-refractivity contribution in [1.29, 1.82) is 0 Å². The molecule has 0 radical (unpaired) electrons.